The number of phenols is 1. The second kappa shape index (κ2) is 9.07. The molecule has 36 heavy (non-hydrogen) atoms. The van der Waals surface area contributed by atoms with Gasteiger partial charge in [-0.1, -0.05) is 45.9 Å². The first-order valence-electron chi connectivity index (χ1n) is 11.8. The number of phenolic OH excluding ortho intramolecular Hbond substituents is 1. The van der Waals surface area contributed by atoms with Crippen LogP contribution in [0.25, 0.3) is 0 Å². The molecule has 0 saturated heterocycles. The van der Waals surface area contributed by atoms with Gasteiger partial charge in [0.25, 0.3) is 0 Å². The molecule has 0 aliphatic carbocycles. The molecule has 190 valence electrons. The van der Waals surface area contributed by atoms with E-state index in [0.717, 1.165) is 11.1 Å². The zero-order valence-corrected chi connectivity index (χ0v) is 22.1. The zero-order chi connectivity index (χ0) is 26.6. The number of hydrogen-bond acceptors (Lipinski definition) is 5. The summed E-state index contributed by atoms with van der Waals surface area (Å²) in [6.45, 7) is 11.4. The predicted molar refractivity (Wildman–Crippen MR) is 137 cm³/mol. The summed E-state index contributed by atoms with van der Waals surface area (Å²) in [5.74, 6) is -0.352. The molecule has 0 fully saturated rings. The number of benzene rings is 3. The number of phosphoric acid groups is 1. The second-order valence-electron chi connectivity index (χ2n) is 9.94. The van der Waals surface area contributed by atoms with Crippen LogP contribution in [-0.2, 0) is 14.9 Å². The minimum Gasteiger partial charge on any atom is -0.508 e. The average Bonchev–Trinajstić information content (AvgIpc) is 3.05. The van der Waals surface area contributed by atoms with Crippen molar-refractivity contribution in [1.82, 2.24) is 0 Å². The lowest BCUT2D eigenvalue weighted by molar-refractivity contribution is 0.0247. The summed E-state index contributed by atoms with van der Waals surface area (Å²) in [5, 5.41) is 10.6. The molecule has 1 unspecified atom stereocenters. The van der Waals surface area contributed by atoms with Crippen molar-refractivity contribution in [2.24, 2.45) is 0 Å². The van der Waals surface area contributed by atoms with Crippen LogP contribution in [-0.4, -0.2) is 20.9 Å². The van der Waals surface area contributed by atoms with Crippen LogP contribution in [0.4, 0.5) is 0 Å². The fourth-order valence-electron chi connectivity index (χ4n) is 5.05. The number of carbonyl (C=O) groups excluding carboxylic acids is 1. The van der Waals surface area contributed by atoms with E-state index < -0.39 is 19.4 Å². The SMILES string of the molecule is Cc1cc(O)c(C(C)C)cc1C1(c2cc(C(C)C)c(OP(=O)(O)O)cc2C)OC(=O)c2ccccc21. The molecular formula is C28H31O7P. The van der Waals surface area contributed by atoms with E-state index in [-0.39, 0.29) is 23.3 Å². The lowest BCUT2D eigenvalue weighted by atomic mass is 9.74. The van der Waals surface area contributed by atoms with Gasteiger partial charge in [-0.2, -0.15) is 0 Å². The molecule has 0 amide bonds. The summed E-state index contributed by atoms with van der Waals surface area (Å²) in [4.78, 5) is 32.2. The van der Waals surface area contributed by atoms with Gasteiger partial charge in [-0.15, -0.1) is 0 Å². The molecule has 0 aromatic heterocycles. The Balaban J connectivity index is 2.12. The van der Waals surface area contributed by atoms with Crippen LogP contribution >= 0.6 is 7.82 Å². The van der Waals surface area contributed by atoms with Crippen LogP contribution in [0.1, 0.15) is 88.8 Å². The number of esters is 1. The summed E-state index contributed by atoms with van der Waals surface area (Å²) >= 11 is 0. The lowest BCUT2D eigenvalue weighted by Gasteiger charge is -2.34. The molecule has 7 nitrogen and oxygen atoms in total. The van der Waals surface area contributed by atoms with Crippen molar-refractivity contribution in [3.8, 4) is 11.5 Å². The van der Waals surface area contributed by atoms with Gasteiger partial charge in [0.05, 0.1) is 5.56 Å². The van der Waals surface area contributed by atoms with Crippen molar-refractivity contribution < 1.29 is 33.5 Å². The van der Waals surface area contributed by atoms with Crippen molar-refractivity contribution in [1.29, 1.82) is 0 Å². The quantitative estimate of drug-likeness (QED) is 0.268. The molecule has 1 heterocycles. The monoisotopic (exact) mass is 510 g/mol. The lowest BCUT2D eigenvalue weighted by Crippen LogP contribution is -2.32. The third-order valence-electron chi connectivity index (χ3n) is 6.72. The smallest absolute Gasteiger partial charge is 0.508 e. The number of hydrogen-bond donors (Lipinski definition) is 3. The van der Waals surface area contributed by atoms with Crippen LogP contribution in [0.2, 0.25) is 0 Å². The van der Waals surface area contributed by atoms with E-state index in [9.17, 15) is 24.3 Å². The minimum absolute atomic E-state index is 0.0140. The van der Waals surface area contributed by atoms with Gasteiger partial charge < -0.3 is 14.4 Å². The summed E-state index contributed by atoms with van der Waals surface area (Å²) < 4.78 is 23.0. The van der Waals surface area contributed by atoms with E-state index in [1.807, 2.05) is 58.9 Å². The summed E-state index contributed by atoms with van der Waals surface area (Å²) in [5.41, 5.74) is 3.81. The van der Waals surface area contributed by atoms with Crippen LogP contribution in [0.15, 0.2) is 48.5 Å². The Labute approximate surface area is 211 Å². The van der Waals surface area contributed by atoms with Crippen LogP contribution in [0, 0.1) is 13.8 Å². The van der Waals surface area contributed by atoms with Crippen molar-refractivity contribution in [2.75, 3.05) is 0 Å². The molecule has 0 saturated carbocycles. The molecule has 4 rings (SSSR count). The summed E-state index contributed by atoms with van der Waals surface area (Å²) in [6.07, 6.45) is 0. The number of rotatable bonds is 6. The molecular weight excluding hydrogens is 479 g/mol. The highest BCUT2D eigenvalue weighted by atomic mass is 31.2. The molecule has 0 bridgehead atoms. The van der Waals surface area contributed by atoms with Crippen LogP contribution in [0.3, 0.4) is 0 Å². The number of carbonyl (C=O) groups is 1. The highest BCUT2D eigenvalue weighted by Gasteiger charge is 2.50. The zero-order valence-electron chi connectivity index (χ0n) is 21.2. The maximum absolute atomic E-state index is 13.2. The molecule has 0 radical (unpaired) electrons. The number of cyclic esters (lactones) is 1. The highest BCUT2D eigenvalue weighted by molar-refractivity contribution is 7.46. The standard InChI is InChI=1S/C28H31O7P/c1-15(2)20-13-23(17(5)11-25(20)29)28(22-10-8-7-9-19(22)27(30)34-28)24-14-21(16(3)4)26(12-18(24)6)35-36(31,32)33/h7-16,29H,1-6H3,(H2,31,32,33). The second-order valence-corrected chi connectivity index (χ2v) is 11.1. The third-order valence-corrected chi connectivity index (χ3v) is 7.16. The third kappa shape index (κ3) is 4.32. The maximum Gasteiger partial charge on any atom is 0.524 e. The van der Waals surface area contributed by atoms with Crippen molar-refractivity contribution in [2.45, 2.75) is 59.0 Å². The van der Waals surface area contributed by atoms with Gasteiger partial charge in [-0.25, -0.2) is 9.36 Å². The normalized spacial score (nSPS) is 17.4. The molecule has 1 aliphatic rings. The fraction of sp³-hybridized carbons (Fsp3) is 0.321. The Morgan fingerprint density at radius 2 is 1.42 bits per heavy atom. The van der Waals surface area contributed by atoms with Crippen molar-refractivity contribution >= 4 is 13.8 Å². The molecule has 1 atom stereocenters. The first kappa shape index (κ1) is 26.0. The number of aryl methyl sites for hydroxylation is 2. The molecule has 8 heteroatoms. The summed E-state index contributed by atoms with van der Waals surface area (Å²) in [6, 6.07) is 14.2. The Kier molecular flexibility index (Phi) is 6.54. The van der Waals surface area contributed by atoms with Crippen molar-refractivity contribution in [3.05, 3.63) is 93.0 Å². The van der Waals surface area contributed by atoms with Gasteiger partial charge in [-0.05, 0) is 78.3 Å². The van der Waals surface area contributed by atoms with E-state index >= 15 is 0 Å². The van der Waals surface area contributed by atoms with E-state index in [1.165, 1.54) is 0 Å². The maximum atomic E-state index is 13.2. The number of ether oxygens (including phenoxy) is 1. The average molecular weight is 511 g/mol. The van der Waals surface area contributed by atoms with Gasteiger partial charge in [0.2, 0.25) is 0 Å². The number of fused-ring (bicyclic) bond motifs is 1. The largest absolute Gasteiger partial charge is 0.524 e. The van der Waals surface area contributed by atoms with Gasteiger partial charge >= 0.3 is 13.8 Å². The van der Waals surface area contributed by atoms with Gasteiger partial charge in [-0.3, -0.25) is 9.79 Å². The van der Waals surface area contributed by atoms with E-state index in [1.54, 1.807) is 31.2 Å². The van der Waals surface area contributed by atoms with E-state index in [2.05, 4.69) is 0 Å². The fourth-order valence-corrected chi connectivity index (χ4v) is 5.46. The van der Waals surface area contributed by atoms with E-state index in [0.29, 0.717) is 33.4 Å². The predicted octanol–water partition coefficient (Wildman–Crippen LogP) is 6.19. The Bertz CT molecular complexity index is 1400. The first-order valence-corrected chi connectivity index (χ1v) is 13.4. The van der Waals surface area contributed by atoms with Crippen LogP contribution in [0.5, 0.6) is 11.5 Å². The molecule has 3 N–H and O–H groups in total. The van der Waals surface area contributed by atoms with E-state index in [4.69, 9.17) is 9.26 Å². The van der Waals surface area contributed by atoms with Crippen LogP contribution < -0.4 is 4.52 Å². The van der Waals surface area contributed by atoms with Gasteiger partial charge in [0, 0.05) is 16.7 Å². The number of aromatic hydroxyl groups is 1. The van der Waals surface area contributed by atoms with Gasteiger partial charge in [0.15, 0.2) is 5.60 Å². The summed E-state index contributed by atoms with van der Waals surface area (Å²) in [7, 11) is -4.80. The molecule has 1 aliphatic heterocycles. The minimum atomic E-state index is -4.80. The first-order chi connectivity index (χ1) is 16.8. The topological polar surface area (TPSA) is 113 Å². The molecule has 3 aromatic carbocycles. The Morgan fingerprint density at radius 3 is 2.00 bits per heavy atom. The molecule has 0 spiro atoms. The van der Waals surface area contributed by atoms with Crippen molar-refractivity contribution in [3.63, 3.8) is 0 Å². The van der Waals surface area contributed by atoms with Gasteiger partial charge in [0.1, 0.15) is 11.5 Å². The highest BCUT2D eigenvalue weighted by Crippen LogP contribution is 2.52. The number of phosphoric ester groups is 1. The molecule has 3 aromatic rings. The Hall–Kier alpha value is -3.12. The Morgan fingerprint density at radius 1 is 0.861 bits per heavy atom.